The maximum Gasteiger partial charge on any atom is 0.257 e. The molecule has 0 saturated heterocycles. The molecule has 0 aliphatic heterocycles. The average molecular weight is 156 g/mol. The third-order valence-electron chi connectivity index (χ3n) is 1.12. The highest BCUT2D eigenvalue weighted by atomic mass is 19.3. The molecule has 0 saturated carbocycles. The molecule has 0 aliphatic rings. The van der Waals surface area contributed by atoms with Gasteiger partial charge in [-0.2, -0.15) is 5.10 Å². The largest absolute Gasteiger partial charge is 0.266 e. The van der Waals surface area contributed by atoms with E-state index in [0.717, 1.165) is 4.68 Å². The number of hydrogen-bond acceptors (Lipinski definition) is 1. The van der Waals surface area contributed by atoms with Gasteiger partial charge in [-0.25, -0.2) is 8.78 Å². The molecule has 0 N–H and O–H groups in total. The van der Waals surface area contributed by atoms with Crippen LogP contribution in [-0.2, 0) is 6.54 Å². The van der Waals surface area contributed by atoms with Crippen LogP contribution in [0.2, 0.25) is 0 Å². The topological polar surface area (TPSA) is 17.8 Å². The Bertz CT molecular complexity index is 272. The van der Waals surface area contributed by atoms with Gasteiger partial charge in [-0.05, 0) is 0 Å². The summed E-state index contributed by atoms with van der Waals surface area (Å²) in [5, 5.41) is 3.62. The van der Waals surface area contributed by atoms with Gasteiger partial charge in [0, 0.05) is 6.20 Å². The quantitative estimate of drug-likeness (QED) is 0.587. The van der Waals surface area contributed by atoms with Gasteiger partial charge < -0.3 is 0 Å². The molecule has 1 aromatic rings. The first-order valence-electron chi connectivity index (χ1n) is 2.99. The van der Waals surface area contributed by atoms with Crippen LogP contribution in [-0.4, -0.2) is 16.2 Å². The smallest absolute Gasteiger partial charge is 0.257 e. The second-order valence-electron chi connectivity index (χ2n) is 1.99. The van der Waals surface area contributed by atoms with Crippen molar-refractivity contribution in [1.29, 1.82) is 0 Å². The fraction of sp³-hybridized carbons (Fsp3) is 0.286. The van der Waals surface area contributed by atoms with Crippen molar-refractivity contribution in [2.24, 2.45) is 0 Å². The molecule has 0 radical (unpaired) electrons. The number of alkyl halides is 2. The molecule has 0 fully saturated rings. The maximum atomic E-state index is 11.7. The zero-order valence-electron chi connectivity index (χ0n) is 5.67. The summed E-state index contributed by atoms with van der Waals surface area (Å²) in [6.07, 6.45) is 5.40. The number of aromatic nitrogens is 2. The second kappa shape index (κ2) is 3.15. The van der Waals surface area contributed by atoms with Crippen LogP contribution in [0.3, 0.4) is 0 Å². The Morgan fingerprint density at radius 1 is 1.73 bits per heavy atom. The summed E-state index contributed by atoms with van der Waals surface area (Å²) in [7, 11) is 0. The Hall–Kier alpha value is -1.37. The van der Waals surface area contributed by atoms with E-state index in [2.05, 4.69) is 11.0 Å². The van der Waals surface area contributed by atoms with Crippen molar-refractivity contribution in [3.63, 3.8) is 0 Å². The molecule has 0 atom stereocenters. The fourth-order valence-corrected chi connectivity index (χ4v) is 0.679. The SMILES string of the molecule is C#Cc1cnn(CC(F)F)c1. The van der Waals surface area contributed by atoms with Crippen molar-refractivity contribution in [3.05, 3.63) is 18.0 Å². The Morgan fingerprint density at radius 3 is 2.91 bits per heavy atom. The van der Waals surface area contributed by atoms with E-state index in [1.54, 1.807) is 0 Å². The van der Waals surface area contributed by atoms with E-state index in [1.807, 2.05) is 0 Å². The molecule has 0 aliphatic carbocycles. The van der Waals surface area contributed by atoms with Crippen molar-refractivity contribution in [2.45, 2.75) is 13.0 Å². The Balaban J connectivity index is 2.67. The third kappa shape index (κ3) is 2.04. The van der Waals surface area contributed by atoms with E-state index in [1.165, 1.54) is 12.4 Å². The van der Waals surface area contributed by atoms with Crippen LogP contribution in [0.1, 0.15) is 5.56 Å². The normalized spacial score (nSPS) is 10.0. The molecular formula is C7H6F2N2. The first kappa shape index (κ1) is 7.73. The van der Waals surface area contributed by atoms with Crippen LogP contribution in [0.15, 0.2) is 12.4 Å². The van der Waals surface area contributed by atoms with Crippen LogP contribution in [0.4, 0.5) is 8.78 Å². The van der Waals surface area contributed by atoms with E-state index in [4.69, 9.17) is 6.42 Å². The summed E-state index contributed by atoms with van der Waals surface area (Å²) in [6.45, 7) is -0.401. The van der Waals surface area contributed by atoms with Gasteiger partial charge in [0.1, 0.15) is 6.54 Å². The highest BCUT2D eigenvalue weighted by Gasteiger charge is 2.03. The van der Waals surface area contributed by atoms with Gasteiger partial charge in [0.2, 0.25) is 0 Å². The van der Waals surface area contributed by atoms with Crippen molar-refractivity contribution in [2.75, 3.05) is 0 Å². The summed E-state index contributed by atoms with van der Waals surface area (Å²) in [5.41, 5.74) is 0.519. The van der Waals surface area contributed by atoms with Crippen molar-refractivity contribution in [1.82, 2.24) is 9.78 Å². The van der Waals surface area contributed by atoms with Crippen molar-refractivity contribution in [3.8, 4) is 12.3 Å². The van der Waals surface area contributed by atoms with Gasteiger partial charge in [0.05, 0.1) is 11.8 Å². The van der Waals surface area contributed by atoms with E-state index < -0.39 is 13.0 Å². The third-order valence-corrected chi connectivity index (χ3v) is 1.12. The molecule has 58 valence electrons. The maximum absolute atomic E-state index is 11.7. The van der Waals surface area contributed by atoms with E-state index >= 15 is 0 Å². The van der Waals surface area contributed by atoms with E-state index in [-0.39, 0.29) is 0 Å². The predicted molar refractivity (Wildman–Crippen MR) is 36.2 cm³/mol. The molecule has 0 bridgehead atoms. The Kier molecular flexibility index (Phi) is 2.21. The lowest BCUT2D eigenvalue weighted by Gasteiger charge is -1.96. The van der Waals surface area contributed by atoms with Gasteiger partial charge in [-0.15, -0.1) is 6.42 Å². The lowest BCUT2D eigenvalue weighted by Crippen LogP contribution is -2.06. The standard InChI is InChI=1S/C7H6F2N2/c1-2-6-3-10-11(4-6)5-7(8)9/h1,3-4,7H,5H2. The van der Waals surface area contributed by atoms with Crippen molar-refractivity contribution >= 4 is 0 Å². The fourth-order valence-electron chi connectivity index (χ4n) is 0.679. The molecule has 1 aromatic heterocycles. The molecule has 0 unspecified atom stereocenters. The number of rotatable bonds is 2. The number of halogens is 2. The number of nitrogens with zero attached hydrogens (tertiary/aromatic N) is 2. The summed E-state index contributed by atoms with van der Waals surface area (Å²) in [5.74, 6) is 2.29. The lowest BCUT2D eigenvalue weighted by atomic mass is 10.4. The molecule has 11 heavy (non-hydrogen) atoms. The predicted octanol–water partition coefficient (Wildman–Crippen LogP) is 1.13. The van der Waals surface area contributed by atoms with E-state index in [0.29, 0.717) is 5.56 Å². The summed E-state index contributed by atoms with van der Waals surface area (Å²) in [6, 6.07) is 0. The van der Waals surface area contributed by atoms with E-state index in [9.17, 15) is 8.78 Å². The average Bonchev–Trinajstić information content (AvgIpc) is 2.34. The zero-order valence-corrected chi connectivity index (χ0v) is 5.67. The Morgan fingerprint density at radius 2 is 2.45 bits per heavy atom. The Labute approximate surface area is 62.8 Å². The van der Waals surface area contributed by atoms with Gasteiger partial charge in [-0.3, -0.25) is 4.68 Å². The first-order valence-corrected chi connectivity index (χ1v) is 2.99. The minimum atomic E-state index is -2.39. The van der Waals surface area contributed by atoms with Crippen LogP contribution < -0.4 is 0 Å². The van der Waals surface area contributed by atoms with Gasteiger partial charge in [-0.1, -0.05) is 5.92 Å². The van der Waals surface area contributed by atoms with Crippen molar-refractivity contribution < 1.29 is 8.78 Å². The molecular weight excluding hydrogens is 150 g/mol. The van der Waals surface area contributed by atoms with Crippen LogP contribution in [0, 0.1) is 12.3 Å². The molecule has 4 heteroatoms. The number of hydrogen-bond donors (Lipinski definition) is 0. The summed E-state index contributed by atoms with van der Waals surface area (Å²) < 4.78 is 24.6. The highest BCUT2D eigenvalue weighted by Crippen LogP contribution is 1.99. The zero-order chi connectivity index (χ0) is 8.27. The molecule has 1 rings (SSSR count). The molecule has 0 spiro atoms. The molecule has 0 amide bonds. The second-order valence-corrected chi connectivity index (χ2v) is 1.99. The van der Waals surface area contributed by atoms with Gasteiger partial charge in [0.15, 0.2) is 0 Å². The number of terminal acetylenes is 1. The molecule has 0 aromatic carbocycles. The minimum absolute atomic E-state index is 0.401. The van der Waals surface area contributed by atoms with Gasteiger partial charge in [0.25, 0.3) is 6.43 Å². The summed E-state index contributed by atoms with van der Waals surface area (Å²) in [4.78, 5) is 0. The monoisotopic (exact) mass is 156 g/mol. The molecule has 1 heterocycles. The lowest BCUT2D eigenvalue weighted by molar-refractivity contribution is 0.122. The van der Waals surface area contributed by atoms with Crippen LogP contribution in [0.25, 0.3) is 0 Å². The highest BCUT2D eigenvalue weighted by molar-refractivity contribution is 5.26. The summed E-state index contributed by atoms with van der Waals surface area (Å²) >= 11 is 0. The van der Waals surface area contributed by atoms with Crippen LogP contribution in [0.5, 0.6) is 0 Å². The minimum Gasteiger partial charge on any atom is -0.266 e. The van der Waals surface area contributed by atoms with Gasteiger partial charge >= 0.3 is 0 Å². The van der Waals surface area contributed by atoms with Crippen LogP contribution >= 0.6 is 0 Å². The first-order chi connectivity index (χ1) is 5.22. The molecule has 2 nitrogen and oxygen atoms in total.